The largest absolute Gasteiger partial charge is 0.494 e. The number of amides is 1. The molecule has 0 spiro atoms. The Kier molecular flexibility index (Phi) is 4.65. The first kappa shape index (κ1) is 14.9. The summed E-state index contributed by atoms with van der Waals surface area (Å²) in [5.74, 6) is 0.530. The van der Waals surface area contributed by atoms with Gasteiger partial charge in [0.05, 0.1) is 12.1 Å². The van der Waals surface area contributed by atoms with E-state index in [0.717, 1.165) is 12.2 Å². The summed E-state index contributed by atoms with van der Waals surface area (Å²) in [5, 5.41) is 2.96. The van der Waals surface area contributed by atoms with Crippen molar-refractivity contribution in [2.45, 2.75) is 44.6 Å². The number of rotatable bonds is 6. The van der Waals surface area contributed by atoms with Crippen LogP contribution in [0, 0.1) is 0 Å². The lowest BCUT2D eigenvalue weighted by Crippen LogP contribution is -2.52. The third kappa shape index (κ3) is 3.31. The number of hydrogen-bond donors (Lipinski definition) is 2. The average molecular weight is 276 g/mol. The van der Waals surface area contributed by atoms with E-state index < -0.39 is 5.54 Å². The lowest BCUT2D eigenvalue weighted by molar-refractivity contribution is -0.124. The molecule has 2 rings (SSSR count). The van der Waals surface area contributed by atoms with E-state index >= 15 is 0 Å². The summed E-state index contributed by atoms with van der Waals surface area (Å²) in [6.07, 6.45) is 5.41. The predicted octanol–water partition coefficient (Wildman–Crippen LogP) is 1.80. The fourth-order valence-corrected chi connectivity index (χ4v) is 2.54. The van der Waals surface area contributed by atoms with Gasteiger partial charge in [-0.25, -0.2) is 0 Å². The van der Waals surface area contributed by atoms with Gasteiger partial charge in [-0.2, -0.15) is 0 Å². The Bertz CT molecular complexity index is 487. The van der Waals surface area contributed by atoms with Crippen molar-refractivity contribution in [1.29, 1.82) is 0 Å². The Morgan fingerprint density at radius 2 is 2.05 bits per heavy atom. The molecule has 1 aromatic rings. The molecule has 1 aliphatic rings. The molecular formula is C16H24N2O2. The zero-order valence-electron chi connectivity index (χ0n) is 12.4. The molecule has 0 bridgehead atoms. The molecule has 0 saturated carbocycles. The van der Waals surface area contributed by atoms with Crippen molar-refractivity contribution in [3.05, 3.63) is 29.3 Å². The number of fused-ring (bicyclic) bond motifs is 1. The zero-order chi connectivity index (χ0) is 14.6. The Morgan fingerprint density at radius 3 is 2.70 bits per heavy atom. The number of benzene rings is 1. The van der Waals surface area contributed by atoms with E-state index in [-0.39, 0.29) is 5.91 Å². The van der Waals surface area contributed by atoms with Gasteiger partial charge >= 0.3 is 0 Å². The van der Waals surface area contributed by atoms with Crippen LogP contribution in [-0.2, 0) is 17.6 Å². The molecule has 1 atom stereocenters. The SMILES string of the molecule is CNC(C)(CCOc1ccc2c(c1)CCCC2)C(N)=O. The molecule has 3 N–H and O–H groups in total. The van der Waals surface area contributed by atoms with Crippen LogP contribution in [-0.4, -0.2) is 25.1 Å². The van der Waals surface area contributed by atoms with Gasteiger partial charge in [-0.1, -0.05) is 6.07 Å². The molecular weight excluding hydrogens is 252 g/mol. The fraction of sp³-hybridized carbons (Fsp3) is 0.562. The maximum atomic E-state index is 11.4. The standard InChI is InChI=1S/C16H24N2O2/c1-16(18-2,15(17)19)9-10-20-14-8-7-12-5-3-4-6-13(12)11-14/h7-8,11,18H,3-6,9-10H2,1-2H3,(H2,17,19). The summed E-state index contributed by atoms with van der Waals surface area (Å²) in [6.45, 7) is 2.27. The molecule has 20 heavy (non-hydrogen) atoms. The number of nitrogens with one attached hydrogen (secondary N) is 1. The number of aryl methyl sites for hydroxylation is 2. The number of nitrogens with two attached hydrogens (primary N) is 1. The summed E-state index contributed by atoms with van der Waals surface area (Å²) in [6, 6.07) is 6.32. The van der Waals surface area contributed by atoms with E-state index in [2.05, 4.69) is 17.4 Å². The van der Waals surface area contributed by atoms with Crippen LogP contribution in [0.3, 0.4) is 0 Å². The minimum atomic E-state index is -0.714. The topological polar surface area (TPSA) is 64.3 Å². The molecule has 1 aliphatic carbocycles. The molecule has 0 aromatic heterocycles. The third-order valence-corrected chi connectivity index (χ3v) is 4.29. The number of likely N-dealkylation sites (N-methyl/N-ethyl adjacent to an activating group) is 1. The van der Waals surface area contributed by atoms with Gasteiger partial charge in [-0.3, -0.25) is 4.79 Å². The van der Waals surface area contributed by atoms with Crippen LogP contribution >= 0.6 is 0 Å². The van der Waals surface area contributed by atoms with E-state index in [1.807, 2.05) is 6.07 Å². The highest BCUT2D eigenvalue weighted by molar-refractivity contribution is 5.84. The van der Waals surface area contributed by atoms with Crippen molar-refractivity contribution < 1.29 is 9.53 Å². The van der Waals surface area contributed by atoms with E-state index in [0.29, 0.717) is 13.0 Å². The lowest BCUT2D eigenvalue weighted by Gasteiger charge is -2.25. The molecule has 110 valence electrons. The lowest BCUT2D eigenvalue weighted by atomic mass is 9.92. The molecule has 0 aliphatic heterocycles. The summed E-state index contributed by atoms with van der Waals surface area (Å²) >= 11 is 0. The quantitative estimate of drug-likeness (QED) is 0.832. The highest BCUT2D eigenvalue weighted by atomic mass is 16.5. The molecule has 4 nitrogen and oxygen atoms in total. The van der Waals surface area contributed by atoms with Gasteiger partial charge in [0.1, 0.15) is 5.75 Å². The second-order valence-corrected chi connectivity index (χ2v) is 5.68. The summed E-state index contributed by atoms with van der Waals surface area (Å²) in [7, 11) is 1.74. The molecule has 0 saturated heterocycles. The normalized spacial score (nSPS) is 17.1. The van der Waals surface area contributed by atoms with Gasteiger partial charge in [0.2, 0.25) is 5.91 Å². The predicted molar refractivity (Wildman–Crippen MR) is 79.9 cm³/mol. The van der Waals surface area contributed by atoms with Gasteiger partial charge in [-0.05, 0) is 62.9 Å². The monoisotopic (exact) mass is 276 g/mol. The highest BCUT2D eigenvalue weighted by Gasteiger charge is 2.28. The smallest absolute Gasteiger partial charge is 0.237 e. The molecule has 1 unspecified atom stereocenters. The molecule has 4 heteroatoms. The van der Waals surface area contributed by atoms with Crippen molar-refractivity contribution in [3.8, 4) is 5.75 Å². The summed E-state index contributed by atoms with van der Waals surface area (Å²) in [4.78, 5) is 11.4. The maximum absolute atomic E-state index is 11.4. The van der Waals surface area contributed by atoms with E-state index in [1.165, 1.54) is 30.4 Å². The van der Waals surface area contributed by atoms with Crippen LogP contribution < -0.4 is 15.8 Å². The molecule has 0 heterocycles. The molecule has 1 aromatic carbocycles. The Hall–Kier alpha value is -1.55. The van der Waals surface area contributed by atoms with Crippen molar-refractivity contribution in [2.75, 3.05) is 13.7 Å². The summed E-state index contributed by atoms with van der Waals surface area (Å²) in [5.41, 5.74) is 7.53. The third-order valence-electron chi connectivity index (χ3n) is 4.29. The van der Waals surface area contributed by atoms with Crippen LogP contribution in [0.2, 0.25) is 0 Å². The van der Waals surface area contributed by atoms with Crippen LogP contribution in [0.4, 0.5) is 0 Å². The first-order chi connectivity index (χ1) is 9.55. The van der Waals surface area contributed by atoms with Gasteiger partial charge < -0.3 is 15.8 Å². The second kappa shape index (κ2) is 6.27. The average Bonchev–Trinajstić information content (AvgIpc) is 2.46. The Morgan fingerprint density at radius 1 is 1.35 bits per heavy atom. The van der Waals surface area contributed by atoms with E-state index in [1.54, 1.807) is 14.0 Å². The van der Waals surface area contributed by atoms with Crippen LogP contribution in [0.25, 0.3) is 0 Å². The van der Waals surface area contributed by atoms with Gasteiger partial charge in [0.15, 0.2) is 0 Å². The van der Waals surface area contributed by atoms with E-state index in [9.17, 15) is 4.79 Å². The first-order valence-electron chi connectivity index (χ1n) is 7.28. The van der Waals surface area contributed by atoms with Crippen LogP contribution in [0.15, 0.2) is 18.2 Å². The van der Waals surface area contributed by atoms with Gasteiger partial charge in [0.25, 0.3) is 0 Å². The first-order valence-corrected chi connectivity index (χ1v) is 7.28. The van der Waals surface area contributed by atoms with Crippen molar-refractivity contribution in [3.63, 3.8) is 0 Å². The molecule has 1 amide bonds. The molecule has 0 radical (unpaired) electrons. The van der Waals surface area contributed by atoms with Crippen molar-refractivity contribution in [2.24, 2.45) is 5.73 Å². The Balaban J connectivity index is 1.93. The second-order valence-electron chi connectivity index (χ2n) is 5.68. The fourth-order valence-electron chi connectivity index (χ4n) is 2.54. The molecule has 0 fully saturated rings. The number of carbonyl (C=O) groups is 1. The summed E-state index contributed by atoms with van der Waals surface area (Å²) < 4.78 is 5.77. The van der Waals surface area contributed by atoms with Crippen molar-refractivity contribution >= 4 is 5.91 Å². The Labute approximate surface area is 120 Å². The maximum Gasteiger partial charge on any atom is 0.237 e. The minimum absolute atomic E-state index is 0.353. The highest BCUT2D eigenvalue weighted by Crippen LogP contribution is 2.25. The number of primary amides is 1. The minimum Gasteiger partial charge on any atom is -0.494 e. The number of carbonyl (C=O) groups excluding carboxylic acids is 1. The van der Waals surface area contributed by atoms with Crippen molar-refractivity contribution in [1.82, 2.24) is 5.32 Å². The van der Waals surface area contributed by atoms with E-state index in [4.69, 9.17) is 10.5 Å². The van der Waals surface area contributed by atoms with Crippen LogP contribution in [0.5, 0.6) is 5.75 Å². The number of hydrogen-bond acceptors (Lipinski definition) is 3. The number of ether oxygens (including phenoxy) is 1. The van der Waals surface area contributed by atoms with Crippen LogP contribution in [0.1, 0.15) is 37.3 Å². The van der Waals surface area contributed by atoms with Gasteiger partial charge in [-0.15, -0.1) is 0 Å². The zero-order valence-corrected chi connectivity index (χ0v) is 12.4. The van der Waals surface area contributed by atoms with Gasteiger partial charge in [0, 0.05) is 6.42 Å².